The molecule has 0 saturated carbocycles. The third-order valence-electron chi connectivity index (χ3n) is 2.81. The molecule has 0 bridgehead atoms. The van der Waals surface area contributed by atoms with Gasteiger partial charge in [-0.15, -0.1) is 0 Å². The third kappa shape index (κ3) is 4.38. The van der Waals surface area contributed by atoms with Gasteiger partial charge in [0.05, 0.1) is 30.3 Å². The van der Waals surface area contributed by atoms with Gasteiger partial charge in [-0.25, -0.2) is 9.59 Å². The minimum absolute atomic E-state index is 0.0362. The van der Waals surface area contributed by atoms with Crippen LogP contribution in [0.4, 0.5) is 10.5 Å². The normalized spacial score (nSPS) is 11.1. The number of nitrogens with one attached hydrogen (secondary N) is 1. The second-order valence-electron chi connectivity index (χ2n) is 4.56. The van der Waals surface area contributed by atoms with E-state index in [0.29, 0.717) is 5.75 Å². The lowest BCUT2D eigenvalue weighted by atomic mass is 10.1. The Morgan fingerprint density at radius 2 is 2.19 bits per heavy atom. The first-order valence-corrected chi connectivity index (χ1v) is 6.22. The smallest absolute Gasteiger partial charge is 0.337 e. The molecule has 0 radical (unpaired) electrons. The monoisotopic (exact) mass is 291 g/mol. The van der Waals surface area contributed by atoms with Gasteiger partial charge < -0.3 is 20.1 Å². The van der Waals surface area contributed by atoms with Gasteiger partial charge in [-0.05, 0) is 19.1 Å². The highest BCUT2D eigenvalue weighted by Gasteiger charge is 2.17. The Balaban J connectivity index is 2.93. The molecule has 2 N–H and O–H groups in total. The molecule has 2 amide bonds. The van der Waals surface area contributed by atoms with Crippen LogP contribution in [0.3, 0.4) is 0 Å². The molecule has 0 aliphatic rings. The molecule has 1 aromatic carbocycles. The van der Waals surface area contributed by atoms with Crippen LogP contribution in [-0.4, -0.2) is 42.7 Å². The minimum Gasteiger partial charge on any atom is -0.497 e. The maximum absolute atomic E-state index is 12.0. The third-order valence-corrected chi connectivity index (χ3v) is 2.81. The number of carbonyl (C=O) groups is 2. The van der Waals surface area contributed by atoms with Crippen molar-refractivity contribution in [1.29, 1.82) is 5.26 Å². The molecular weight excluding hydrogens is 274 g/mol. The van der Waals surface area contributed by atoms with Crippen molar-refractivity contribution in [3.63, 3.8) is 0 Å². The first kappa shape index (κ1) is 16.3. The minimum atomic E-state index is -1.15. The van der Waals surface area contributed by atoms with Gasteiger partial charge in [-0.1, -0.05) is 0 Å². The Kier molecular flexibility index (Phi) is 5.55. The molecule has 1 unspecified atom stereocenters. The topological polar surface area (TPSA) is 103 Å². The number of carboxylic acids is 1. The van der Waals surface area contributed by atoms with E-state index in [0.717, 1.165) is 0 Å². The van der Waals surface area contributed by atoms with E-state index in [4.69, 9.17) is 15.1 Å². The number of ether oxygens (including phenoxy) is 1. The molecule has 0 saturated heterocycles. The zero-order valence-corrected chi connectivity index (χ0v) is 12.1. The van der Waals surface area contributed by atoms with Crippen LogP contribution in [0.25, 0.3) is 0 Å². The zero-order valence-electron chi connectivity index (χ0n) is 12.1. The Morgan fingerprint density at radius 3 is 2.71 bits per heavy atom. The maximum atomic E-state index is 12.0. The molecule has 1 rings (SSSR count). The molecule has 0 aromatic heterocycles. The second-order valence-corrected chi connectivity index (χ2v) is 4.56. The Hall–Kier alpha value is -2.75. The quantitative estimate of drug-likeness (QED) is 0.863. The van der Waals surface area contributed by atoms with Gasteiger partial charge in [0, 0.05) is 19.7 Å². The Labute approximate surface area is 122 Å². The van der Waals surface area contributed by atoms with Crippen LogP contribution < -0.4 is 10.1 Å². The van der Waals surface area contributed by atoms with E-state index in [1.54, 1.807) is 6.92 Å². The molecule has 1 aromatic rings. The number of methoxy groups -OCH3 is 1. The van der Waals surface area contributed by atoms with Crippen LogP contribution in [0.1, 0.15) is 17.3 Å². The van der Waals surface area contributed by atoms with E-state index >= 15 is 0 Å². The van der Waals surface area contributed by atoms with Crippen molar-refractivity contribution in [3.05, 3.63) is 23.8 Å². The first-order valence-electron chi connectivity index (χ1n) is 6.22. The van der Waals surface area contributed by atoms with Crippen LogP contribution in [0, 0.1) is 17.2 Å². The van der Waals surface area contributed by atoms with E-state index in [2.05, 4.69) is 5.32 Å². The SMILES string of the molecule is COc1ccc(C(=O)O)c(NC(=O)N(C)CC(C)C#N)c1. The Bertz CT molecular complexity index is 580. The fourth-order valence-corrected chi connectivity index (χ4v) is 1.69. The van der Waals surface area contributed by atoms with Crippen molar-refractivity contribution >= 4 is 17.7 Å². The summed E-state index contributed by atoms with van der Waals surface area (Å²) in [6, 6.07) is 5.82. The lowest BCUT2D eigenvalue weighted by molar-refractivity contribution is 0.0698. The largest absolute Gasteiger partial charge is 0.497 e. The van der Waals surface area contributed by atoms with Gasteiger partial charge in [0.15, 0.2) is 0 Å². The second kappa shape index (κ2) is 7.14. The van der Waals surface area contributed by atoms with Crippen LogP contribution in [0.2, 0.25) is 0 Å². The molecular formula is C14H17N3O4. The predicted octanol–water partition coefficient (Wildman–Crippen LogP) is 2.02. The number of benzene rings is 1. The zero-order chi connectivity index (χ0) is 16.0. The fraction of sp³-hybridized carbons (Fsp3) is 0.357. The first-order chi connectivity index (χ1) is 9.88. The van der Waals surface area contributed by atoms with Crippen molar-refractivity contribution in [3.8, 4) is 11.8 Å². The van der Waals surface area contributed by atoms with Crippen molar-refractivity contribution in [2.45, 2.75) is 6.92 Å². The number of hydrogen-bond acceptors (Lipinski definition) is 4. The van der Waals surface area contributed by atoms with Crippen LogP contribution in [-0.2, 0) is 0 Å². The van der Waals surface area contributed by atoms with Gasteiger partial charge in [-0.3, -0.25) is 0 Å². The van der Waals surface area contributed by atoms with Crippen molar-refractivity contribution < 1.29 is 19.4 Å². The number of urea groups is 1. The van der Waals surface area contributed by atoms with Gasteiger partial charge in [0.1, 0.15) is 5.75 Å². The number of amides is 2. The molecule has 0 fully saturated rings. The number of hydrogen-bond donors (Lipinski definition) is 2. The Morgan fingerprint density at radius 1 is 1.52 bits per heavy atom. The summed E-state index contributed by atoms with van der Waals surface area (Å²) in [4.78, 5) is 24.5. The molecule has 7 heteroatoms. The number of rotatable bonds is 5. The lowest BCUT2D eigenvalue weighted by Crippen LogP contribution is -2.34. The maximum Gasteiger partial charge on any atom is 0.337 e. The molecule has 0 aliphatic heterocycles. The van der Waals surface area contributed by atoms with Crippen LogP contribution >= 0.6 is 0 Å². The highest BCUT2D eigenvalue weighted by molar-refractivity contribution is 6.00. The van der Waals surface area contributed by atoms with Gasteiger partial charge in [0.2, 0.25) is 0 Å². The summed E-state index contributed by atoms with van der Waals surface area (Å²) in [5.41, 5.74) is 0.106. The van der Waals surface area contributed by atoms with E-state index < -0.39 is 12.0 Å². The molecule has 0 spiro atoms. The summed E-state index contributed by atoms with van der Waals surface area (Å²) in [5.74, 6) is -1.03. The standard InChI is InChI=1S/C14H17N3O4/c1-9(7-15)8-17(2)14(20)16-12-6-10(21-3)4-5-11(12)13(18)19/h4-6,9H,8H2,1-3H3,(H,16,20)(H,18,19). The van der Waals surface area contributed by atoms with Gasteiger partial charge in [-0.2, -0.15) is 5.26 Å². The van der Waals surface area contributed by atoms with Gasteiger partial charge >= 0.3 is 12.0 Å². The van der Waals surface area contributed by atoms with Crippen molar-refractivity contribution in [1.82, 2.24) is 4.90 Å². The summed E-state index contributed by atoms with van der Waals surface area (Å²) in [6.45, 7) is 1.94. The molecule has 0 heterocycles. The fourth-order valence-electron chi connectivity index (χ4n) is 1.69. The number of anilines is 1. The highest BCUT2D eigenvalue weighted by Crippen LogP contribution is 2.23. The molecule has 0 aliphatic carbocycles. The van der Waals surface area contributed by atoms with Crippen LogP contribution in [0.15, 0.2) is 18.2 Å². The average molecular weight is 291 g/mol. The number of nitriles is 1. The van der Waals surface area contributed by atoms with E-state index in [1.807, 2.05) is 6.07 Å². The predicted molar refractivity (Wildman–Crippen MR) is 76.4 cm³/mol. The molecule has 1 atom stereocenters. The molecule has 21 heavy (non-hydrogen) atoms. The van der Waals surface area contributed by atoms with Gasteiger partial charge in [0.25, 0.3) is 0 Å². The van der Waals surface area contributed by atoms with Crippen LogP contribution in [0.5, 0.6) is 5.75 Å². The summed E-state index contributed by atoms with van der Waals surface area (Å²) in [7, 11) is 2.98. The molecule has 7 nitrogen and oxygen atoms in total. The number of carboxylic acid groups (broad SMARTS) is 1. The van der Waals surface area contributed by atoms with E-state index in [-0.39, 0.29) is 23.7 Å². The van der Waals surface area contributed by atoms with E-state index in [9.17, 15) is 9.59 Å². The summed E-state index contributed by atoms with van der Waals surface area (Å²) >= 11 is 0. The number of carbonyl (C=O) groups excluding carboxylic acids is 1. The van der Waals surface area contributed by atoms with Crippen molar-refractivity contribution in [2.24, 2.45) is 5.92 Å². The average Bonchev–Trinajstić information content (AvgIpc) is 2.46. The number of nitrogens with zero attached hydrogens (tertiary/aromatic N) is 2. The van der Waals surface area contributed by atoms with Crippen molar-refractivity contribution in [2.75, 3.05) is 26.0 Å². The summed E-state index contributed by atoms with van der Waals surface area (Å²) in [6.07, 6.45) is 0. The highest BCUT2D eigenvalue weighted by atomic mass is 16.5. The molecule has 112 valence electrons. The lowest BCUT2D eigenvalue weighted by Gasteiger charge is -2.19. The summed E-state index contributed by atoms with van der Waals surface area (Å²) < 4.78 is 5.01. The summed E-state index contributed by atoms with van der Waals surface area (Å²) in [5, 5.41) is 20.4. The number of aromatic carboxylic acids is 1. The van der Waals surface area contributed by atoms with E-state index in [1.165, 1.54) is 37.3 Å².